The van der Waals surface area contributed by atoms with E-state index in [-0.39, 0.29) is 18.6 Å². The Morgan fingerprint density at radius 1 is 1.14 bits per heavy atom. The molecule has 2 aromatic rings. The maximum Gasteiger partial charge on any atom is 0.338 e. The fourth-order valence-corrected chi connectivity index (χ4v) is 4.23. The fourth-order valence-electron chi connectivity index (χ4n) is 2.84. The summed E-state index contributed by atoms with van der Waals surface area (Å²) in [5.41, 5.74) is 0.938. The van der Waals surface area contributed by atoms with Gasteiger partial charge >= 0.3 is 5.97 Å². The van der Waals surface area contributed by atoms with Crippen molar-refractivity contribution >= 4 is 44.9 Å². The van der Waals surface area contributed by atoms with Gasteiger partial charge in [0.05, 0.1) is 24.1 Å². The van der Waals surface area contributed by atoms with Gasteiger partial charge in [-0.05, 0) is 49.7 Å². The van der Waals surface area contributed by atoms with E-state index >= 15 is 0 Å². The van der Waals surface area contributed by atoms with Crippen molar-refractivity contribution in [3.8, 4) is 0 Å². The normalized spacial score (nSPS) is 12.1. The van der Waals surface area contributed by atoms with E-state index in [1.807, 2.05) is 0 Å². The number of benzene rings is 2. The Labute approximate surface area is 175 Å². The van der Waals surface area contributed by atoms with E-state index in [1.54, 1.807) is 50.2 Å². The number of rotatable bonds is 8. The summed E-state index contributed by atoms with van der Waals surface area (Å²) >= 11 is 6.00. The van der Waals surface area contributed by atoms with Crippen molar-refractivity contribution in [3.05, 3.63) is 59.1 Å². The van der Waals surface area contributed by atoms with E-state index in [2.05, 4.69) is 5.32 Å². The Hall–Kier alpha value is -2.58. The number of halogens is 1. The van der Waals surface area contributed by atoms with Gasteiger partial charge in [-0.25, -0.2) is 13.2 Å². The highest BCUT2D eigenvalue weighted by molar-refractivity contribution is 7.92. The van der Waals surface area contributed by atoms with Crippen LogP contribution in [0.1, 0.15) is 30.6 Å². The number of hydrogen-bond acceptors (Lipinski definition) is 5. The van der Waals surface area contributed by atoms with Crippen molar-refractivity contribution in [2.24, 2.45) is 0 Å². The third kappa shape index (κ3) is 5.95. The average Bonchev–Trinajstić information content (AvgIpc) is 2.65. The highest BCUT2D eigenvalue weighted by Crippen LogP contribution is 2.26. The summed E-state index contributed by atoms with van der Waals surface area (Å²) in [6.45, 7) is 3.64. The van der Waals surface area contributed by atoms with E-state index in [4.69, 9.17) is 16.3 Å². The maximum atomic E-state index is 12.9. The third-order valence-electron chi connectivity index (χ3n) is 4.03. The summed E-state index contributed by atoms with van der Waals surface area (Å²) in [5.74, 6) is -1.04. The van der Waals surface area contributed by atoms with Gasteiger partial charge in [-0.1, -0.05) is 30.7 Å². The molecule has 0 unspecified atom stereocenters. The number of esters is 1. The Morgan fingerprint density at radius 3 is 2.41 bits per heavy atom. The number of nitrogens with zero attached hydrogens (tertiary/aromatic N) is 1. The first-order chi connectivity index (χ1) is 13.7. The van der Waals surface area contributed by atoms with Crippen LogP contribution in [0.15, 0.2) is 48.5 Å². The van der Waals surface area contributed by atoms with Crippen LogP contribution in [-0.2, 0) is 19.6 Å². The van der Waals surface area contributed by atoms with Gasteiger partial charge in [-0.3, -0.25) is 9.10 Å². The monoisotopic (exact) mass is 438 g/mol. The molecule has 2 rings (SSSR count). The SMILES string of the molecule is CCOC(=O)c1cccc(NC(=O)[C@H](CC)N(c2cccc(Cl)c2)S(C)(=O)=O)c1. The molecule has 0 heterocycles. The van der Waals surface area contributed by atoms with Crippen LogP contribution in [-0.4, -0.2) is 39.2 Å². The standard InChI is InChI=1S/C20H23ClN2O5S/c1-4-18(23(29(3,26)27)17-11-7-9-15(21)13-17)19(24)22-16-10-6-8-14(12-16)20(25)28-5-2/h6-13,18H,4-5H2,1-3H3,(H,22,24)/t18-/m0/s1. The molecule has 0 radical (unpaired) electrons. The predicted octanol–water partition coefficient (Wildman–Crippen LogP) is 3.70. The van der Waals surface area contributed by atoms with Crippen molar-refractivity contribution in [2.75, 3.05) is 22.5 Å². The molecule has 0 fully saturated rings. The second kappa shape index (κ2) is 9.76. The van der Waals surface area contributed by atoms with Crippen molar-refractivity contribution in [2.45, 2.75) is 26.3 Å². The van der Waals surface area contributed by atoms with Gasteiger partial charge in [0.15, 0.2) is 0 Å². The zero-order chi connectivity index (χ0) is 21.6. The topological polar surface area (TPSA) is 92.8 Å². The molecular formula is C20H23ClN2O5S. The third-order valence-corrected chi connectivity index (χ3v) is 5.45. The van der Waals surface area contributed by atoms with E-state index in [0.717, 1.165) is 10.6 Å². The first-order valence-corrected chi connectivity index (χ1v) is 11.2. The Morgan fingerprint density at radius 2 is 1.83 bits per heavy atom. The smallest absolute Gasteiger partial charge is 0.338 e. The van der Waals surface area contributed by atoms with Crippen molar-refractivity contribution in [1.29, 1.82) is 0 Å². The van der Waals surface area contributed by atoms with Gasteiger partial charge < -0.3 is 10.1 Å². The first-order valence-electron chi connectivity index (χ1n) is 9.00. The van der Waals surface area contributed by atoms with Crippen LogP contribution >= 0.6 is 11.6 Å². The predicted molar refractivity (Wildman–Crippen MR) is 114 cm³/mol. The molecule has 0 aromatic heterocycles. The molecule has 7 nitrogen and oxygen atoms in total. The minimum atomic E-state index is -3.77. The van der Waals surface area contributed by atoms with Gasteiger partial charge in [0, 0.05) is 10.7 Å². The van der Waals surface area contributed by atoms with Gasteiger partial charge in [0.25, 0.3) is 0 Å². The molecule has 29 heavy (non-hydrogen) atoms. The van der Waals surface area contributed by atoms with Gasteiger partial charge in [-0.15, -0.1) is 0 Å². The molecule has 0 aliphatic carbocycles. The molecular weight excluding hydrogens is 416 g/mol. The lowest BCUT2D eigenvalue weighted by Crippen LogP contribution is -2.47. The van der Waals surface area contributed by atoms with Crippen LogP contribution in [0.5, 0.6) is 0 Å². The van der Waals surface area contributed by atoms with Crippen molar-refractivity contribution in [1.82, 2.24) is 0 Å². The summed E-state index contributed by atoms with van der Waals surface area (Å²) in [4.78, 5) is 24.8. The molecule has 2 aromatic carbocycles. The number of carbonyl (C=O) groups excluding carboxylic acids is 2. The molecule has 1 N–H and O–H groups in total. The molecule has 1 atom stereocenters. The summed E-state index contributed by atoms with van der Waals surface area (Å²) in [6.07, 6.45) is 1.26. The summed E-state index contributed by atoms with van der Waals surface area (Å²) in [7, 11) is -3.77. The first kappa shape index (κ1) is 22.7. The number of hydrogen-bond donors (Lipinski definition) is 1. The van der Waals surface area contributed by atoms with Crippen LogP contribution in [0.2, 0.25) is 5.02 Å². The van der Waals surface area contributed by atoms with Crippen LogP contribution in [0, 0.1) is 0 Å². The second-order valence-electron chi connectivity index (χ2n) is 6.25. The number of amides is 1. The summed E-state index contributed by atoms with van der Waals surface area (Å²) in [6, 6.07) is 11.5. The molecule has 0 bridgehead atoms. The minimum absolute atomic E-state index is 0.225. The maximum absolute atomic E-state index is 12.9. The lowest BCUT2D eigenvalue weighted by Gasteiger charge is -2.30. The number of carbonyl (C=O) groups is 2. The largest absolute Gasteiger partial charge is 0.462 e. The number of anilines is 2. The molecule has 0 saturated heterocycles. The van der Waals surface area contributed by atoms with Crippen LogP contribution in [0.4, 0.5) is 11.4 Å². The Bertz CT molecular complexity index is 994. The minimum Gasteiger partial charge on any atom is -0.462 e. The van der Waals surface area contributed by atoms with Crippen LogP contribution in [0.3, 0.4) is 0 Å². The molecule has 9 heteroatoms. The van der Waals surface area contributed by atoms with Crippen molar-refractivity contribution < 1.29 is 22.7 Å². The van der Waals surface area contributed by atoms with E-state index in [9.17, 15) is 18.0 Å². The number of nitrogens with one attached hydrogen (secondary N) is 1. The summed E-state index contributed by atoms with van der Waals surface area (Å²) < 4.78 is 30.9. The van der Waals surface area contributed by atoms with Crippen molar-refractivity contribution in [3.63, 3.8) is 0 Å². The van der Waals surface area contributed by atoms with Gasteiger partial charge in [0.1, 0.15) is 6.04 Å². The highest BCUT2D eigenvalue weighted by Gasteiger charge is 2.31. The quantitative estimate of drug-likeness (QED) is 0.634. The molecule has 0 saturated carbocycles. The van der Waals surface area contributed by atoms with Crippen LogP contribution in [0.25, 0.3) is 0 Å². The van der Waals surface area contributed by atoms with Gasteiger partial charge in [-0.2, -0.15) is 0 Å². The van der Waals surface area contributed by atoms with E-state index in [1.165, 1.54) is 12.1 Å². The molecule has 156 valence electrons. The zero-order valence-corrected chi connectivity index (χ0v) is 18.0. The lowest BCUT2D eigenvalue weighted by molar-refractivity contribution is -0.117. The Balaban J connectivity index is 2.33. The average molecular weight is 439 g/mol. The van der Waals surface area contributed by atoms with Crippen LogP contribution < -0.4 is 9.62 Å². The Kier molecular flexibility index (Phi) is 7.64. The summed E-state index contributed by atoms with van der Waals surface area (Å²) in [5, 5.41) is 3.04. The number of ether oxygens (including phenoxy) is 1. The number of sulfonamides is 1. The second-order valence-corrected chi connectivity index (χ2v) is 8.55. The fraction of sp³-hybridized carbons (Fsp3) is 0.300. The molecule has 0 aliphatic rings. The van der Waals surface area contributed by atoms with E-state index < -0.39 is 27.9 Å². The lowest BCUT2D eigenvalue weighted by atomic mass is 10.1. The van der Waals surface area contributed by atoms with Gasteiger partial charge in [0.2, 0.25) is 15.9 Å². The highest BCUT2D eigenvalue weighted by atomic mass is 35.5. The molecule has 0 spiro atoms. The zero-order valence-electron chi connectivity index (χ0n) is 16.4. The van der Waals surface area contributed by atoms with E-state index in [0.29, 0.717) is 16.4 Å². The molecule has 0 aliphatic heterocycles. The molecule has 1 amide bonds.